The van der Waals surface area contributed by atoms with Gasteiger partial charge in [0.05, 0.1) is 12.7 Å². The largest absolute Gasteiger partial charge is 0.377 e. The zero-order valence-electron chi connectivity index (χ0n) is 13.2. The van der Waals surface area contributed by atoms with Gasteiger partial charge in [0, 0.05) is 6.04 Å². The van der Waals surface area contributed by atoms with Crippen LogP contribution in [-0.4, -0.2) is 36.7 Å². The zero-order chi connectivity index (χ0) is 13.6. The second-order valence-electron chi connectivity index (χ2n) is 7.96. The lowest BCUT2D eigenvalue weighted by Gasteiger charge is -2.49. The van der Waals surface area contributed by atoms with Crippen molar-refractivity contribution in [3.63, 3.8) is 0 Å². The minimum Gasteiger partial charge on any atom is -0.377 e. The van der Waals surface area contributed by atoms with E-state index in [-0.39, 0.29) is 0 Å². The summed E-state index contributed by atoms with van der Waals surface area (Å²) in [5.41, 5.74) is 0.519. The fraction of sp³-hybridized carbons (Fsp3) is 1.00. The summed E-state index contributed by atoms with van der Waals surface area (Å²) in [5, 5.41) is 0. The van der Waals surface area contributed by atoms with Crippen molar-refractivity contribution in [1.82, 2.24) is 4.90 Å². The highest BCUT2D eigenvalue weighted by atomic mass is 16.5. The van der Waals surface area contributed by atoms with Gasteiger partial charge in [0.25, 0.3) is 0 Å². The average molecular weight is 265 g/mol. The van der Waals surface area contributed by atoms with Gasteiger partial charge in [0.1, 0.15) is 0 Å². The Morgan fingerprint density at radius 3 is 2.42 bits per heavy atom. The van der Waals surface area contributed by atoms with E-state index in [9.17, 15) is 0 Å². The second kappa shape index (κ2) is 5.04. The number of hydrogen-bond donors (Lipinski definition) is 0. The first kappa shape index (κ1) is 13.9. The van der Waals surface area contributed by atoms with Crippen LogP contribution < -0.4 is 0 Å². The Hall–Kier alpha value is -0.0800. The zero-order valence-corrected chi connectivity index (χ0v) is 13.2. The molecule has 1 spiro atoms. The second-order valence-corrected chi connectivity index (χ2v) is 7.96. The summed E-state index contributed by atoms with van der Waals surface area (Å²) in [5.74, 6) is 2.50. The third-order valence-corrected chi connectivity index (χ3v) is 6.30. The molecule has 4 unspecified atom stereocenters. The summed E-state index contributed by atoms with van der Waals surface area (Å²) >= 11 is 0. The lowest BCUT2D eigenvalue weighted by molar-refractivity contribution is -0.125. The molecule has 2 aliphatic heterocycles. The summed E-state index contributed by atoms with van der Waals surface area (Å²) in [6, 6.07) is 0.708. The number of ether oxygens (including phenoxy) is 1. The standard InChI is InChI=1S/C17H31NO/c1-12(2)18-7-5-17(6-8-18)10-15-13(3)9-14(4)16(15)19-11-17/h12-16H,5-11H2,1-4H3. The van der Waals surface area contributed by atoms with Crippen molar-refractivity contribution in [2.24, 2.45) is 23.2 Å². The molecule has 1 aliphatic carbocycles. The Labute approximate surface area is 118 Å². The first-order valence-electron chi connectivity index (χ1n) is 8.36. The Morgan fingerprint density at radius 2 is 1.79 bits per heavy atom. The summed E-state index contributed by atoms with van der Waals surface area (Å²) in [4.78, 5) is 2.64. The van der Waals surface area contributed by atoms with Gasteiger partial charge in [-0.1, -0.05) is 13.8 Å². The van der Waals surface area contributed by atoms with Gasteiger partial charge < -0.3 is 9.64 Å². The normalized spacial score (nSPS) is 42.8. The third kappa shape index (κ3) is 2.47. The minimum atomic E-state index is 0.519. The van der Waals surface area contributed by atoms with Crippen molar-refractivity contribution < 1.29 is 4.74 Å². The van der Waals surface area contributed by atoms with E-state index in [1.165, 1.54) is 38.8 Å². The molecule has 4 atom stereocenters. The van der Waals surface area contributed by atoms with E-state index >= 15 is 0 Å². The topological polar surface area (TPSA) is 12.5 Å². The lowest BCUT2D eigenvalue weighted by atomic mass is 9.68. The van der Waals surface area contributed by atoms with Gasteiger partial charge in [0.2, 0.25) is 0 Å². The predicted molar refractivity (Wildman–Crippen MR) is 79.2 cm³/mol. The van der Waals surface area contributed by atoms with Gasteiger partial charge >= 0.3 is 0 Å². The third-order valence-electron chi connectivity index (χ3n) is 6.30. The van der Waals surface area contributed by atoms with E-state index in [4.69, 9.17) is 4.74 Å². The number of nitrogens with zero attached hydrogens (tertiary/aromatic N) is 1. The molecule has 2 nitrogen and oxygen atoms in total. The number of likely N-dealkylation sites (tertiary alicyclic amines) is 1. The first-order valence-corrected chi connectivity index (χ1v) is 8.36. The Kier molecular flexibility index (Phi) is 3.68. The van der Waals surface area contributed by atoms with Crippen LogP contribution in [0.4, 0.5) is 0 Å². The molecule has 2 heteroatoms. The van der Waals surface area contributed by atoms with E-state index in [0.29, 0.717) is 17.6 Å². The highest BCUT2D eigenvalue weighted by molar-refractivity contribution is 4.99. The van der Waals surface area contributed by atoms with Crippen molar-refractivity contribution in [3.8, 4) is 0 Å². The van der Waals surface area contributed by atoms with Crippen LogP contribution >= 0.6 is 0 Å². The highest BCUT2D eigenvalue weighted by Crippen LogP contribution is 2.51. The summed E-state index contributed by atoms with van der Waals surface area (Å²) in [6.07, 6.45) is 6.10. The van der Waals surface area contributed by atoms with Gasteiger partial charge in [0.15, 0.2) is 0 Å². The average Bonchev–Trinajstić information content (AvgIpc) is 2.65. The SMILES string of the molecule is CC1CC(C)C2OCC3(CCN(C(C)C)CC3)CC12. The number of hydrogen-bond acceptors (Lipinski definition) is 2. The first-order chi connectivity index (χ1) is 9.01. The molecule has 0 aromatic rings. The van der Waals surface area contributed by atoms with Crippen molar-refractivity contribution in [3.05, 3.63) is 0 Å². The molecule has 3 rings (SSSR count). The highest BCUT2D eigenvalue weighted by Gasteiger charge is 2.49. The van der Waals surface area contributed by atoms with Crippen LogP contribution in [-0.2, 0) is 4.74 Å². The molecule has 3 aliphatic rings. The fourth-order valence-electron chi connectivity index (χ4n) is 4.94. The lowest BCUT2D eigenvalue weighted by Crippen LogP contribution is -2.50. The van der Waals surface area contributed by atoms with E-state index in [1.54, 1.807) is 0 Å². The molecule has 110 valence electrons. The van der Waals surface area contributed by atoms with Crippen LogP contribution in [0.1, 0.15) is 53.4 Å². The summed E-state index contributed by atoms with van der Waals surface area (Å²) in [7, 11) is 0. The maximum absolute atomic E-state index is 6.36. The van der Waals surface area contributed by atoms with Crippen LogP contribution in [0.15, 0.2) is 0 Å². The molecule has 0 N–H and O–H groups in total. The monoisotopic (exact) mass is 265 g/mol. The number of piperidine rings is 1. The van der Waals surface area contributed by atoms with E-state index in [2.05, 4.69) is 32.6 Å². The number of fused-ring (bicyclic) bond motifs is 1. The van der Waals surface area contributed by atoms with Crippen molar-refractivity contribution in [1.29, 1.82) is 0 Å². The molecule has 0 bridgehead atoms. The molecule has 0 aromatic heterocycles. The Morgan fingerprint density at radius 1 is 1.11 bits per heavy atom. The van der Waals surface area contributed by atoms with Crippen LogP contribution in [0.2, 0.25) is 0 Å². The van der Waals surface area contributed by atoms with Gasteiger partial charge in [-0.3, -0.25) is 0 Å². The quantitative estimate of drug-likeness (QED) is 0.719. The minimum absolute atomic E-state index is 0.519. The van der Waals surface area contributed by atoms with Crippen LogP contribution in [0.25, 0.3) is 0 Å². The van der Waals surface area contributed by atoms with Gasteiger partial charge in [-0.25, -0.2) is 0 Å². The summed E-state index contributed by atoms with van der Waals surface area (Å²) < 4.78 is 6.36. The van der Waals surface area contributed by atoms with Gasteiger partial charge in [-0.2, -0.15) is 0 Å². The van der Waals surface area contributed by atoms with E-state index in [1.807, 2.05) is 0 Å². The number of rotatable bonds is 1. The Bertz CT molecular complexity index is 319. The smallest absolute Gasteiger partial charge is 0.0631 e. The molecule has 3 fully saturated rings. The maximum Gasteiger partial charge on any atom is 0.0631 e. The molecule has 2 heterocycles. The van der Waals surface area contributed by atoms with Crippen LogP contribution in [0, 0.1) is 23.2 Å². The predicted octanol–water partition coefficient (Wildman–Crippen LogP) is 3.56. The molecular formula is C17H31NO. The van der Waals surface area contributed by atoms with E-state index in [0.717, 1.165) is 24.4 Å². The summed E-state index contributed by atoms with van der Waals surface area (Å²) in [6.45, 7) is 13.1. The molecule has 0 radical (unpaired) electrons. The maximum atomic E-state index is 6.36. The molecule has 1 saturated carbocycles. The van der Waals surface area contributed by atoms with Gasteiger partial charge in [-0.15, -0.1) is 0 Å². The van der Waals surface area contributed by atoms with Crippen molar-refractivity contribution in [2.75, 3.05) is 19.7 Å². The van der Waals surface area contributed by atoms with Gasteiger partial charge in [-0.05, 0) is 75.8 Å². The molecular weight excluding hydrogens is 234 g/mol. The molecule has 2 saturated heterocycles. The fourth-order valence-corrected chi connectivity index (χ4v) is 4.94. The van der Waals surface area contributed by atoms with Crippen molar-refractivity contribution >= 4 is 0 Å². The molecule has 19 heavy (non-hydrogen) atoms. The molecule has 0 aromatic carbocycles. The van der Waals surface area contributed by atoms with Crippen molar-refractivity contribution in [2.45, 2.75) is 65.5 Å². The van der Waals surface area contributed by atoms with Crippen LogP contribution in [0.3, 0.4) is 0 Å². The molecule has 0 amide bonds. The van der Waals surface area contributed by atoms with Crippen LogP contribution in [0.5, 0.6) is 0 Å². The Balaban J connectivity index is 1.65. The van der Waals surface area contributed by atoms with E-state index < -0.39 is 0 Å².